The van der Waals surface area contributed by atoms with Crippen LogP contribution in [0.5, 0.6) is 0 Å². The van der Waals surface area contributed by atoms with Gasteiger partial charge in [0.25, 0.3) is 5.91 Å². The zero-order chi connectivity index (χ0) is 24.9. The number of thiazole rings is 1. The number of aliphatic hydroxyl groups is 1. The van der Waals surface area contributed by atoms with Crippen LogP contribution in [0.2, 0.25) is 5.02 Å². The number of carbonyl (C=O) groups is 2. The summed E-state index contributed by atoms with van der Waals surface area (Å²) in [6, 6.07) is 2.84. The fraction of sp³-hybridized carbons (Fsp3) is 0.300. The molecule has 2 heterocycles. The summed E-state index contributed by atoms with van der Waals surface area (Å²) in [7, 11) is 0. The number of nitrogens with zero attached hydrogens (tertiary/aromatic N) is 2. The highest BCUT2D eigenvalue weighted by Crippen LogP contribution is 2.28. The zero-order valence-electron chi connectivity index (χ0n) is 17.1. The Morgan fingerprint density at radius 1 is 1.26 bits per heavy atom. The van der Waals surface area contributed by atoms with E-state index in [1.165, 1.54) is 29.8 Å². The van der Waals surface area contributed by atoms with Crippen LogP contribution in [0.4, 0.5) is 17.6 Å². The van der Waals surface area contributed by atoms with E-state index in [-0.39, 0.29) is 27.2 Å². The molecule has 34 heavy (non-hydrogen) atoms. The average molecular weight is 521 g/mol. The van der Waals surface area contributed by atoms with Gasteiger partial charge in [-0.05, 0) is 18.6 Å². The van der Waals surface area contributed by atoms with Gasteiger partial charge >= 0.3 is 6.18 Å². The number of aromatic nitrogens is 2. The van der Waals surface area contributed by atoms with E-state index in [2.05, 4.69) is 20.6 Å². The molecule has 0 fully saturated rings. The number of carbonyl (C=O) groups excluding carboxylic acids is 2. The van der Waals surface area contributed by atoms with Crippen molar-refractivity contribution >= 4 is 34.8 Å². The number of rotatable bonds is 9. The minimum absolute atomic E-state index is 0.0760. The summed E-state index contributed by atoms with van der Waals surface area (Å²) in [4.78, 5) is 32.2. The van der Waals surface area contributed by atoms with Gasteiger partial charge in [-0.3, -0.25) is 9.59 Å². The smallest absolute Gasteiger partial charge is 0.389 e. The van der Waals surface area contributed by atoms with Crippen LogP contribution in [0.3, 0.4) is 0 Å². The first-order valence-corrected chi connectivity index (χ1v) is 10.9. The second-order valence-corrected chi connectivity index (χ2v) is 8.29. The fourth-order valence-electron chi connectivity index (χ4n) is 2.86. The molecule has 14 heteroatoms. The number of nitrogens with one attached hydrogen (secondary N) is 2. The van der Waals surface area contributed by atoms with Crippen molar-refractivity contribution in [3.8, 4) is 11.5 Å². The highest BCUT2D eigenvalue weighted by Gasteiger charge is 2.32. The third kappa shape index (κ3) is 6.74. The molecule has 0 aliphatic rings. The van der Waals surface area contributed by atoms with Crippen LogP contribution >= 0.6 is 22.9 Å². The standard InChI is InChI=1S/C20H17ClF4N4O4S/c21-11-3-1-2-10(15(11)22)18-28-8-13(33-18)17(32)27-9-14(30)29-12(4-5-20(23,24)25)16(31)19-26-6-7-34-19/h1-3,6-8,12,16,31H,4-5,9H2,(H,27,32)(H,29,30). The summed E-state index contributed by atoms with van der Waals surface area (Å²) < 4.78 is 57.3. The second-order valence-electron chi connectivity index (χ2n) is 6.96. The Morgan fingerprint density at radius 2 is 2.03 bits per heavy atom. The predicted molar refractivity (Wildman–Crippen MR) is 114 cm³/mol. The molecule has 0 saturated heterocycles. The number of benzene rings is 1. The molecule has 0 bridgehead atoms. The molecule has 3 N–H and O–H groups in total. The van der Waals surface area contributed by atoms with Crippen molar-refractivity contribution in [1.82, 2.24) is 20.6 Å². The van der Waals surface area contributed by atoms with Crippen molar-refractivity contribution in [2.75, 3.05) is 6.54 Å². The van der Waals surface area contributed by atoms with Gasteiger partial charge in [0.1, 0.15) is 11.1 Å². The molecular formula is C20H17ClF4N4O4S. The maximum Gasteiger partial charge on any atom is 0.389 e. The van der Waals surface area contributed by atoms with Crippen LogP contribution in [0, 0.1) is 5.82 Å². The molecular weight excluding hydrogens is 504 g/mol. The van der Waals surface area contributed by atoms with E-state index >= 15 is 0 Å². The van der Waals surface area contributed by atoms with Gasteiger partial charge in [-0.25, -0.2) is 14.4 Å². The first-order valence-electron chi connectivity index (χ1n) is 9.67. The van der Waals surface area contributed by atoms with E-state index in [1.807, 2.05) is 0 Å². The van der Waals surface area contributed by atoms with Crippen molar-refractivity contribution in [3.63, 3.8) is 0 Å². The number of hydrogen-bond donors (Lipinski definition) is 3. The molecule has 2 amide bonds. The lowest BCUT2D eigenvalue weighted by Gasteiger charge is -2.23. The van der Waals surface area contributed by atoms with E-state index < -0.39 is 55.3 Å². The van der Waals surface area contributed by atoms with Gasteiger partial charge in [0.2, 0.25) is 17.6 Å². The molecule has 8 nitrogen and oxygen atoms in total. The lowest BCUT2D eigenvalue weighted by atomic mass is 10.1. The molecule has 3 aromatic rings. The molecule has 0 radical (unpaired) electrons. The SMILES string of the molecule is O=C(CNC(=O)c1cnc(-c2cccc(Cl)c2F)o1)NC(CCC(F)(F)F)C(O)c1nccs1. The van der Waals surface area contributed by atoms with E-state index in [4.69, 9.17) is 16.0 Å². The summed E-state index contributed by atoms with van der Waals surface area (Å²) in [5, 5.41) is 16.3. The molecule has 0 spiro atoms. The summed E-state index contributed by atoms with van der Waals surface area (Å²) in [5.74, 6) is -3.06. The largest absolute Gasteiger partial charge is 0.431 e. The van der Waals surface area contributed by atoms with Crippen molar-refractivity contribution in [2.24, 2.45) is 0 Å². The van der Waals surface area contributed by atoms with Gasteiger partial charge in [0.15, 0.2) is 5.82 Å². The van der Waals surface area contributed by atoms with Gasteiger partial charge in [0.05, 0.1) is 29.4 Å². The molecule has 0 aliphatic heterocycles. The van der Waals surface area contributed by atoms with Crippen molar-refractivity contribution in [1.29, 1.82) is 0 Å². The molecule has 3 rings (SSSR count). The van der Waals surface area contributed by atoms with Crippen LogP contribution in [0.1, 0.15) is 34.5 Å². The first kappa shape index (κ1) is 25.6. The first-order chi connectivity index (χ1) is 16.0. The van der Waals surface area contributed by atoms with Crippen molar-refractivity contribution in [3.05, 3.63) is 57.6 Å². The monoisotopic (exact) mass is 520 g/mol. The molecule has 0 saturated carbocycles. The minimum Gasteiger partial charge on any atom is -0.431 e. The summed E-state index contributed by atoms with van der Waals surface area (Å²) >= 11 is 6.73. The number of amides is 2. The van der Waals surface area contributed by atoms with E-state index in [1.54, 1.807) is 0 Å². The van der Waals surface area contributed by atoms with Crippen LogP contribution in [-0.4, -0.2) is 45.7 Å². The van der Waals surface area contributed by atoms with Gasteiger partial charge in [-0.1, -0.05) is 17.7 Å². The normalized spacial score (nSPS) is 13.4. The van der Waals surface area contributed by atoms with Crippen LogP contribution < -0.4 is 10.6 Å². The molecule has 0 aliphatic carbocycles. The van der Waals surface area contributed by atoms with Crippen LogP contribution in [-0.2, 0) is 4.79 Å². The Balaban J connectivity index is 1.60. The molecule has 1 aromatic carbocycles. The quantitative estimate of drug-likeness (QED) is 0.369. The number of aliphatic hydroxyl groups excluding tert-OH is 1. The number of alkyl halides is 3. The highest BCUT2D eigenvalue weighted by atomic mass is 35.5. The topological polar surface area (TPSA) is 117 Å². The molecule has 182 valence electrons. The lowest BCUT2D eigenvalue weighted by Crippen LogP contribution is -2.45. The number of hydrogen-bond acceptors (Lipinski definition) is 7. The zero-order valence-corrected chi connectivity index (χ0v) is 18.7. The number of oxazole rings is 1. The van der Waals surface area contributed by atoms with E-state index in [0.717, 1.165) is 17.5 Å². The molecule has 2 aromatic heterocycles. The Hall–Kier alpha value is -3.03. The number of halogens is 5. The summed E-state index contributed by atoms with van der Waals surface area (Å²) in [6.07, 6.45) is -5.42. The average Bonchev–Trinajstić information content (AvgIpc) is 3.48. The summed E-state index contributed by atoms with van der Waals surface area (Å²) in [6.45, 7) is -0.631. The maximum absolute atomic E-state index is 14.1. The predicted octanol–water partition coefficient (Wildman–Crippen LogP) is 3.88. The van der Waals surface area contributed by atoms with Crippen LogP contribution in [0.25, 0.3) is 11.5 Å². The Labute approximate surface area is 199 Å². The third-order valence-electron chi connectivity index (χ3n) is 4.49. The van der Waals surface area contributed by atoms with Crippen LogP contribution in [0.15, 0.2) is 40.4 Å². The second kappa shape index (κ2) is 10.9. The summed E-state index contributed by atoms with van der Waals surface area (Å²) in [5.41, 5.74) is -0.0760. The molecule has 2 atom stereocenters. The molecule has 2 unspecified atom stereocenters. The minimum atomic E-state index is -4.49. The van der Waals surface area contributed by atoms with Gasteiger partial charge < -0.3 is 20.2 Å². The highest BCUT2D eigenvalue weighted by molar-refractivity contribution is 7.09. The van der Waals surface area contributed by atoms with E-state index in [9.17, 15) is 32.3 Å². The van der Waals surface area contributed by atoms with Gasteiger partial charge in [-0.2, -0.15) is 13.2 Å². The Morgan fingerprint density at radius 3 is 2.71 bits per heavy atom. The van der Waals surface area contributed by atoms with Gasteiger partial charge in [-0.15, -0.1) is 11.3 Å². The Kier molecular flexibility index (Phi) is 8.23. The Bertz CT molecular complexity index is 1140. The maximum atomic E-state index is 14.1. The fourth-order valence-corrected chi connectivity index (χ4v) is 3.72. The third-order valence-corrected chi connectivity index (χ3v) is 5.63. The van der Waals surface area contributed by atoms with Gasteiger partial charge in [0, 0.05) is 18.0 Å². The van der Waals surface area contributed by atoms with Crippen molar-refractivity contribution < 1.29 is 36.7 Å². The van der Waals surface area contributed by atoms with E-state index in [0.29, 0.717) is 0 Å². The van der Waals surface area contributed by atoms with Crippen molar-refractivity contribution in [2.45, 2.75) is 31.2 Å². The lowest BCUT2D eigenvalue weighted by molar-refractivity contribution is -0.139.